The van der Waals surface area contributed by atoms with E-state index in [4.69, 9.17) is 5.73 Å². The molecule has 6 N–H and O–H groups in total. The Balaban J connectivity index is 2.93. The van der Waals surface area contributed by atoms with Crippen molar-refractivity contribution in [2.45, 2.75) is 57.8 Å². The molecule has 0 spiro atoms. The van der Waals surface area contributed by atoms with Crippen LogP contribution < -0.4 is 21.7 Å². The summed E-state index contributed by atoms with van der Waals surface area (Å²) in [6.07, 6.45) is 0.666. The van der Waals surface area contributed by atoms with E-state index in [0.717, 1.165) is 5.56 Å². The maximum absolute atomic E-state index is 12.9. The molecule has 0 saturated heterocycles. The van der Waals surface area contributed by atoms with E-state index < -0.39 is 47.9 Å². The van der Waals surface area contributed by atoms with Gasteiger partial charge in [-0.3, -0.25) is 14.4 Å². The zero-order valence-corrected chi connectivity index (χ0v) is 18.9. The molecule has 1 aromatic carbocycles. The van der Waals surface area contributed by atoms with Crippen molar-refractivity contribution in [3.8, 4) is 0 Å². The minimum atomic E-state index is -1.18. The van der Waals surface area contributed by atoms with Gasteiger partial charge in [0.1, 0.15) is 18.1 Å². The van der Waals surface area contributed by atoms with E-state index >= 15 is 0 Å². The van der Waals surface area contributed by atoms with Gasteiger partial charge in [-0.15, -0.1) is 0 Å². The summed E-state index contributed by atoms with van der Waals surface area (Å²) < 4.78 is 0. The average molecular weight is 453 g/mol. The summed E-state index contributed by atoms with van der Waals surface area (Å²) in [6.45, 7) is 5.11. The zero-order valence-electron chi connectivity index (χ0n) is 18.0. The van der Waals surface area contributed by atoms with Crippen LogP contribution in [0.1, 0.15) is 32.8 Å². The van der Waals surface area contributed by atoms with Crippen LogP contribution in [0, 0.1) is 5.92 Å². The number of amides is 3. The van der Waals surface area contributed by atoms with Crippen LogP contribution in [-0.4, -0.2) is 58.7 Å². The lowest BCUT2D eigenvalue weighted by atomic mass is 9.97. The zero-order chi connectivity index (χ0) is 23.6. The smallest absolute Gasteiger partial charge is 0.326 e. The van der Waals surface area contributed by atoms with Gasteiger partial charge >= 0.3 is 5.97 Å². The summed E-state index contributed by atoms with van der Waals surface area (Å²) in [4.78, 5) is 49.1. The summed E-state index contributed by atoms with van der Waals surface area (Å²) in [5.41, 5.74) is 6.27. The molecule has 1 rings (SSSR count). The van der Waals surface area contributed by atoms with Crippen LogP contribution in [0.4, 0.5) is 0 Å². The van der Waals surface area contributed by atoms with Crippen molar-refractivity contribution in [3.63, 3.8) is 0 Å². The van der Waals surface area contributed by atoms with E-state index in [-0.39, 0.29) is 18.1 Å². The number of aliphatic carboxylic acids is 1. The minimum absolute atomic E-state index is 0.00486. The van der Waals surface area contributed by atoms with E-state index in [9.17, 15) is 24.3 Å². The lowest BCUT2D eigenvalue weighted by Gasteiger charge is -2.27. The van der Waals surface area contributed by atoms with Crippen molar-refractivity contribution >= 4 is 36.3 Å². The van der Waals surface area contributed by atoms with E-state index in [2.05, 4.69) is 28.6 Å². The first-order valence-electron chi connectivity index (χ1n) is 10.1. The Bertz CT molecular complexity index is 759. The molecule has 9 nitrogen and oxygen atoms in total. The van der Waals surface area contributed by atoms with Crippen molar-refractivity contribution in [1.82, 2.24) is 16.0 Å². The van der Waals surface area contributed by atoms with Gasteiger partial charge < -0.3 is 26.8 Å². The highest BCUT2D eigenvalue weighted by Crippen LogP contribution is 2.10. The Kier molecular flexibility index (Phi) is 11.1. The molecule has 0 fully saturated rings. The van der Waals surface area contributed by atoms with Gasteiger partial charge in [-0.05, 0) is 18.4 Å². The summed E-state index contributed by atoms with van der Waals surface area (Å²) in [7, 11) is 0. The molecule has 1 aromatic rings. The van der Waals surface area contributed by atoms with Gasteiger partial charge in [0, 0.05) is 12.2 Å². The van der Waals surface area contributed by atoms with Crippen LogP contribution >= 0.6 is 12.6 Å². The number of carbonyl (C=O) groups is 4. The number of nitrogens with two attached hydrogens (primary N) is 1. The predicted molar refractivity (Wildman–Crippen MR) is 121 cm³/mol. The van der Waals surface area contributed by atoms with E-state index in [0.29, 0.717) is 6.42 Å². The van der Waals surface area contributed by atoms with Crippen molar-refractivity contribution < 1.29 is 24.3 Å². The highest BCUT2D eigenvalue weighted by molar-refractivity contribution is 7.80. The maximum Gasteiger partial charge on any atom is 0.326 e. The van der Waals surface area contributed by atoms with Gasteiger partial charge in [0.15, 0.2) is 0 Å². The monoisotopic (exact) mass is 452 g/mol. The molecule has 3 amide bonds. The Morgan fingerprint density at radius 1 is 0.968 bits per heavy atom. The number of nitrogens with one attached hydrogen (secondary N) is 3. The number of benzene rings is 1. The molecular weight excluding hydrogens is 420 g/mol. The van der Waals surface area contributed by atoms with Crippen molar-refractivity contribution in [2.75, 3.05) is 5.75 Å². The van der Waals surface area contributed by atoms with Crippen molar-refractivity contribution in [3.05, 3.63) is 35.9 Å². The molecule has 31 heavy (non-hydrogen) atoms. The molecule has 0 heterocycles. The van der Waals surface area contributed by atoms with Crippen LogP contribution in [0.2, 0.25) is 0 Å². The van der Waals surface area contributed by atoms with Gasteiger partial charge in [-0.25, -0.2) is 4.79 Å². The maximum atomic E-state index is 12.9. The van der Waals surface area contributed by atoms with E-state index in [1.165, 1.54) is 6.92 Å². The molecule has 0 aliphatic rings. The minimum Gasteiger partial charge on any atom is -0.480 e. The molecule has 0 radical (unpaired) electrons. The Morgan fingerprint density at radius 2 is 1.55 bits per heavy atom. The summed E-state index contributed by atoms with van der Waals surface area (Å²) >= 11 is 4.09. The fourth-order valence-corrected chi connectivity index (χ4v) is 3.02. The molecule has 10 heteroatoms. The van der Waals surface area contributed by atoms with Crippen molar-refractivity contribution in [1.29, 1.82) is 0 Å². The lowest BCUT2D eigenvalue weighted by molar-refractivity contribution is -0.142. The number of hydrogen-bond acceptors (Lipinski definition) is 6. The van der Waals surface area contributed by atoms with Gasteiger partial charge in [0.05, 0.1) is 6.04 Å². The number of carbonyl (C=O) groups excluding carboxylic acids is 3. The molecule has 0 aliphatic carbocycles. The normalized spacial score (nSPS) is 15.6. The summed E-state index contributed by atoms with van der Waals surface area (Å²) in [6, 6.07) is 5.00. The number of carboxylic acids is 1. The van der Waals surface area contributed by atoms with Crippen LogP contribution in [0.5, 0.6) is 0 Å². The highest BCUT2D eigenvalue weighted by Gasteiger charge is 2.32. The average Bonchev–Trinajstić information content (AvgIpc) is 2.74. The first-order valence-corrected chi connectivity index (χ1v) is 10.8. The third-order valence-corrected chi connectivity index (χ3v) is 5.28. The molecule has 0 bridgehead atoms. The topological polar surface area (TPSA) is 151 Å². The lowest BCUT2D eigenvalue weighted by Crippen LogP contribution is -2.59. The summed E-state index contributed by atoms with van der Waals surface area (Å²) in [5.74, 6) is -3.18. The third-order valence-electron chi connectivity index (χ3n) is 4.92. The standard InChI is InChI=1S/C21H32N4O5S/c1-4-12(2)17(25-19(27)16(11-31)24-18(26)13(3)22)20(28)23-15(21(29)30)10-14-8-6-5-7-9-14/h5-9,12-13,15-17,31H,4,10-11,22H2,1-3H3,(H,23,28)(H,24,26)(H,25,27)(H,29,30). The molecule has 0 saturated carbocycles. The number of thiol groups is 1. The molecule has 5 unspecified atom stereocenters. The van der Waals surface area contributed by atoms with Crippen LogP contribution in [0.15, 0.2) is 30.3 Å². The molecule has 0 aromatic heterocycles. The Hall–Kier alpha value is -2.59. The largest absolute Gasteiger partial charge is 0.480 e. The van der Waals surface area contributed by atoms with Crippen LogP contribution in [0.25, 0.3) is 0 Å². The highest BCUT2D eigenvalue weighted by atomic mass is 32.1. The second-order valence-electron chi connectivity index (χ2n) is 7.49. The SMILES string of the molecule is CCC(C)C(NC(=O)C(CS)NC(=O)C(C)N)C(=O)NC(Cc1ccccc1)C(=O)O. The first-order chi connectivity index (χ1) is 14.6. The number of rotatable bonds is 12. The molecular formula is C21H32N4O5S. The van der Waals surface area contributed by atoms with Crippen molar-refractivity contribution in [2.24, 2.45) is 11.7 Å². The quantitative estimate of drug-likeness (QED) is 0.247. The van der Waals surface area contributed by atoms with Crippen LogP contribution in [-0.2, 0) is 25.6 Å². The molecule has 172 valence electrons. The van der Waals surface area contributed by atoms with Crippen LogP contribution in [0.3, 0.4) is 0 Å². The second kappa shape index (κ2) is 13.0. The molecule has 5 atom stereocenters. The van der Waals surface area contributed by atoms with Gasteiger partial charge in [-0.2, -0.15) is 12.6 Å². The third kappa shape index (κ3) is 8.58. The fraction of sp³-hybridized carbons (Fsp3) is 0.524. The number of carboxylic acid groups (broad SMARTS) is 1. The summed E-state index contributed by atoms with van der Waals surface area (Å²) in [5, 5.41) is 17.2. The van der Waals surface area contributed by atoms with Gasteiger partial charge in [0.25, 0.3) is 0 Å². The second-order valence-corrected chi connectivity index (χ2v) is 7.86. The molecule has 0 aliphatic heterocycles. The predicted octanol–water partition coefficient (Wildman–Crippen LogP) is 0.0912. The number of hydrogen-bond donors (Lipinski definition) is 6. The Labute approximate surface area is 187 Å². The van der Waals surface area contributed by atoms with E-state index in [1.807, 2.05) is 13.0 Å². The van der Waals surface area contributed by atoms with Gasteiger partial charge in [0.2, 0.25) is 17.7 Å². The van der Waals surface area contributed by atoms with Gasteiger partial charge in [-0.1, -0.05) is 50.6 Å². The Morgan fingerprint density at radius 3 is 2.03 bits per heavy atom. The fourth-order valence-electron chi connectivity index (χ4n) is 2.76. The first kappa shape index (κ1) is 26.4. The van der Waals surface area contributed by atoms with E-state index in [1.54, 1.807) is 31.2 Å².